The number of aromatic nitrogens is 4. The predicted molar refractivity (Wildman–Crippen MR) is 114 cm³/mol. The van der Waals surface area contributed by atoms with Gasteiger partial charge >= 0.3 is 0 Å². The maximum absolute atomic E-state index is 9.86. The third-order valence-electron chi connectivity index (χ3n) is 5.43. The molecule has 0 aliphatic carbocycles. The van der Waals surface area contributed by atoms with E-state index >= 15 is 0 Å². The van der Waals surface area contributed by atoms with Crippen molar-refractivity contribution >= 4 is 39.6 Å². The molecule has 2 N–H and O–H groups in total. The van der Waals surface area contributed by atoms with E-state index in [1.165, 1.54) is 6.33 Å². The topological polar surface area (TPSA) is 143 Å². The number of rotatable bonds is 6. The highest BCUT2D eigenvalue weighted by atomic mass is 127. The Morgan fingerprint density at radius 3 is 3.10 bits per heavy atom. The zero-order valence-electron chi connectivity index (χ0n) is 15.6. The van der Waals surface area contributed by atoms with Crippen molar-refractivity contribution in [1.29, 1.82) is 0 Å². The Bertz CT molecular complexity index is 1150. The summed E-state index contributed by atoms with van der Waals surface area (Å²) in [6, 6.07) is 7.54. The minimum atomic E-state index is -1.06. The van der Waals surface area contributed by atoms with E-state index < -0.39 is 24.0 Å². The van der Waals surface area contributed by atoms with E-state index in [2.05, 4.69) is 59.0 Å². The lowest BCUT2D eigenvalue weighted by atomic mass is 9.98. The molecule has 30 heavy (non-hydrogen) atoms. The van der Waals surface area contributed by atoms with E-state index in [0.717, 1.165) is 9.13 Å². The molecule has 2 bridgehead atoms. The van der Waals surface area contributed by atoms with Gasteiger partial charge in [0, 0.05) is 15.0 Å². The molecule has 12 heteroatoms. The lowest BCUT2D eigenvalue weighted by molar-refractivity contribution is -0.182. The molecule has 0 saturated carbocycles. The number of halogens is 1. The summed E-state index contributed by atoms with van der Waals surface area (Å²) in [5, 5.41) is 17.0. The summed E-state index contributed by atoms with van der Waals surface area (Å²) in [4.78, 5) is 16.1. The number of imidazole rings is 1. The zero-order valence-corrected chi connectivity index (χ0v) is 17.7. The number of hydrogen-bond donors (Lipinski definition) is 2. The van der Waals surface area contributed by atoms with Gasteiger partial charge in [0.1, 0.15) is 24.1 Å². The number of aliphatic hydroxyl groups is 1. The summed E-state index contributed by atoms with van der Waals surface area (Å²) in [5.74, 6) is 0.602. The first-order valence-electron chi connectivity index (χ1n) is 9.25. The molecule has 2 aliphatic heterocycles. The van der Waals surface area contributed by atoms with Crippen LogP contribution in [0, 0.1) is 3.57 Å². The van der Waals surface area contributed by atoms with Gasteiger partial charge < -0.3 is 19.9 Å². The predicted octanol–water partition coefficient (Wildman–Crippen LogP) is 2.38. The summed E-state index contributed by atoms with van der Waals surface area (Å²) >= 11 is 2.28. The second kappa shape index (κ2) is 7.63. The molecule has 4 heterocycles. The van der Waals surface area contributed by atoms with Crippen LogP contribution in [0.1, 0.15) is 11.8 Å². The van der Waals surface area contributed by atoms with E-state index in [0.29, 0.717) is 23.5 Å². The molecule has 11 nitrogen and oxygen atoms in total. The summed E-state index contributed by atoms with van der Waals surface area (Å²) in [6.45, 7) is 0.445. The fraction of sp³-hybridized carbons (Fsp3) is 0.389. The summed E-state index contributed by atoms with van der Waals surface area (Å²) in [6.07, 6.45) is 1.90. The standard InChI is InChI=1S/C18H17IN8O3/c19-11-3-1-2-10(4-11)5-21-15-12-16(23-8-22-15)27(9-24-12)17-13-14(25-26-20)18(6-28,30-17)7-29-13/h1-4,8-9,13-14,17,28H,5-7H2,(H,21,22,23)/t13-,14+,17-,18-/m1/s1. The van der Waals surface area contributed by atoms with E-state index in [4.69, 9.17) is 15.0 Å². The highest BCUT2D eigenvalue weighted by Crippen LogP contribution is 2.47. The molecule has 0 unspecified atom stereocenters. The maximum atomic E-state index is 9.86. The van der Waals surface area contributed by atoms with Crippen molar-refractivity contribution in [3.05, 3.63) is 56.5 Å². The SMILES string of the molecule is [N-]=[N+]=N[C@H]1[C@H]2OC[C@@]1(CO)O[C@H]2n1cnc2c(NCc3cccc(I)c3)ncnc21. The first kappa shape index (κ1) is 19.5. The molecule has 2 saturated heterocycles. The normalized spacial score (nSPS) is 27.3. The van der Waals surface area contributed by atoms with E-state index in [9.17, 15) is 5.11 Å². The molecule has 154 valence electrons. The Morgan fingerprint density at radius 2 is 2.30 bits per heavy atom. The molecular weight excluding hydrogens is 503 g/mol. The van der Waals surface area contributed by atoms with Crippen molar-refractivity contribution in [2.24, 2.45) is 5.11 Å². The smallest absolute Gasteiger partial charge is 0.167 e. The number of fused-ring (bicyclic) bond motifs is 3. The number of nitrogens with zero attached hydrogens (tertiary/aromatic N) is 7. The monoisotopic (exact) mass is 520 g/mol. The van der Waals surface area contributed by atoms with E-state index in [1.54, 1.807) is 10.9 Å². The van der Waals surface area contributed by atoms with Crippen LogP contribution in [0.15, 0.2) is 42.0 Å². The van der Waals surface area contributed by atoms with Crippen LogP contribution in [0.5, 0.6) is 0 Å². The van der Waals surface area contributed by atoms with Gasteiger partial charge in [0.25, 0.3) is 0 Å². The molecular formula is C18H17IN8O3. The van der Waals surface area contributed by atoms with Crippen LogP contribution in [0.2, 0.25) is 0 Å². The van der Waals surface area contributed by atoms with Gasteiger partial charge in [-0.25, -0.2) is 15.0 Å². The van der Waals surface area contributed by atoms with Crippen molar-refractivity contribution in [2.75, 3.05) is 18.5 Å². The quantitative estimate of drug-likeness (QED) is 0.220. The van der Waals surface area contributed by atoms with Crippen LogP contribution in [-0.4, -0.2) is 55.6 Å². The number of anilines is 1. The van der Waals surface area contributed by atoms with Crippen LogP contribution in [0.25, 0.3) is 21.6 Å². The first-order chi connectivity index (χ1) is 14.6. The molecule has 0 amide bonds. The Morgan fingerprint density at radius 1 is 1.40 bits per heavy atom. The second-order valence-electron chi connectivity index (χ2n) is 7.19. The number of hydrogen-bond acceptors (Lipinski definition) is 8. The number of ether oxygens (including phenoxy) is 2. The maximum Gasteiger partial charge on any atom is 0.167 e. The summed E-state index contributed by atoms with van der Waals surface area (Å²) in [5.41, 5.74) is 10.1. The highest BCUT2D eigenvalue weighted by Gasteiger charge is 2.61. The third-order valence-corrected chi connectivity index (χ3v) is 6.10. The number of nitrogens with one attached hydrogen (secondary N) is 1. The minimum absolute atomic E-state index is 0.165. The Kier molecular flexibility index (Phi) is 4.95. The van der Waals surface area contributed by atoms with Crippen LogP contribution < -0.4 is 5.32 Å². The molecule has 4 atom stereocenters. The number of benzene rings is 1. The largest absolute Gasteiger partial charge is 0.393 e. The average Bonchev–Trinajstić information content (AvgIpc) is 3.43. The molecule has 0 spiro atoms. The van der Waals surface area contributed by atoms with Crippen molar-refractivity contribution < 1.29 is 14.6 Å². The van der Waals surface area contributed by atoms with E-state index in [1.807, 2.05) is 18.2 Å². The fourth-order valence-corrected chi connectivity index (χ4v) is 4.59. The molecule has 2 aliphatic rings. The zero-order chi connectivity index (χ0) is 20.7. The van der Waals surface area contributed by atoms with Gasteiger partial charge in [0.15, 0.2) is 23.2 Å². The lowest BCUT2D eigenvalue weighted by Crippen LogP contribution is -2.43. The molecule has 2 fully saturated rings. The number of aliphatic hydroxyl groups excluding tert-OH is 1. The highest BCUT2D eigenvalue weighted by molar-refractivity contribution is 14.1. The van der Waals surface area contributed by atoms with Crippen molar-refractivity contribution in [3.8, 4) is 0 Å². The average molecular weight is 520 g/mol. The number of azide groups is 1. The Labute approximate surface area is 184 Å². The van der Waals surface area contributed by atoms with Gasteiger partial charge in [0.2, 0.25) is 0 Å². The molecule has 0 radical (unpaired) electrons. The molecule has 3 aromatic rings. The Hall–Kier alpha value is -2.51. The minimum Gasteiger partial charge on any atom is -0.393 e. The van der Waals surface area contributed by atoms with Gasteiger partial charge in [-0.3, -0.25) is 4.57 Å². The third kappa shape index (κ3) is 3.08. The van der Waals surface area contributed by atoms with Crippen LogP contribution >= 0.6 is 22.6 Å². The van der Waals surface area contributed by atoms with Crippen molar-refractivity contribution in [1.82, 2.24) is 19.5 Å². The summed E-state index contributed by atoms with van der Waals surface area (Å²) in [7, 11) is 0. The van der Waals surface area contributed by atoms with Gasteiger partial charge in [-0.1, -0.05) is 17.2 Å². The second-order valence-corrected chi connectivity index (χ2v) is 8.43. The van der Waals surface area contributed by atoms with Crippen LogP contribution in [0.4, 0.5) is 5.82 Å². The Balaban J connectivity index is 1.45. The van der Waals surface area contributed by atoms with Gasteiger partial charge in [-0.15, -0.1) is 0 Å². The first-order valence-corrected chi connectivity index (χ1v) is 10.3. The van der Waals surface area contributed by atoms with Gasteiger partial charge in [-0.05, 0) is 45.8 Å². The fourth-order valence-electron chi connectivity index (χ4n) is 3.98. The van der Waals surface area contributed by atoms with Crippen LogP contribution in [0.3, 0.4) is 0 Å². The van der Waals surface area contributed by atoms with Crippen LogP contribution in [-0.2, 0) is 16.0 Å². The summed E-state index contributed by atoms with van der Waals surface area (Å²) < 4.78 is 14.8. The molecule has 2 aromatic heterocycles. The lowest BCUT2D eigenvalue weighted by Gasteiger charge is -2.29. The van der Waals surface area contributed by atoms with Gasteiger partial charge in [0.05, 0.1) is 19.5 Å². The molecule has 1 aromatic carbocycles. The van der Waals surface area contributed by atoms with Gasteiger partial charge in [-0.2, -0.15) is 0 Å². The van der Waals surface area contributed by atoms with Crippen molar-refractivity contribution in [2.45, 2.75) is 30.5 Å². The molecule has 5 rings (SSSR count). The van der Waals surface area contributed by atoms with E-state index in [-0.39, 0.29) is 13.2 Å². The van der Waals surface area contributed by atoms with Crippen molar-refractivity contribution in [3.63, 3.8) is 0 Å².